The molecule has 1 aliphatic carbocycles. The molecule has 112 valence electrons. The van der Waals surface area contributed by atoms with Gasteiger partial charge in [-0.15, -0.1) is 0 Å². The molecular formula is C14H23N3O2S. The monoisotopic (exact) mass is 297 g/mol. The Morgan fingerprint density at radius 2 is 1.85 bits per heavy atom. The van der Waals surface area contributed by atoms with Crippen molar-refractivity contribution in [3.05, 3.63) is 0 Å². The second kappa shape index (κ2) is 6.35. The molecule has 1 unspecified atom stereocenters. The van der Waals surface area contributed by atoms with Crippen molar-refractivity contribution < 1.29 is 9.59 Å². The molecule has 2 aliphatic heterocycles. The summed E-state index contributed by atoms with van der Waals surface area (Å²) in [5, 5.41) is 3.01. The summed E-state index contributed by atoms with van der Waals surface area (Å²) in [7, 11) is 0. The van der Waals surface area contributed by atoms with E-state index in [0.29, 0.717) is 18.5 Å². The van der Waals surface area contributed by atoms with E-state index in [0.717, 1.165) is 56.9 Å². The molecule has 3 aliphatic rings. The van der Waals surface area contributed by atoms with Crippen LogP contribution in [0.3, 0.4) is 0 Å². The number of amides is 2. The number of hydrogen-bond acceptors (Lipinski definition) is 4. The maximum absolute atomic E-state index is 12.4. The van der Waals surface area contributed by atoms with Gasteiger partial charge in [-0.2, -0.15) is 11.8 Å². The Morgan fingerprint density at radius 1 is 1.10 bits per heavy atom. The van der Waals surface area contributed by atoms with Crippen LogP contribution in [-0.2, 0) is 9.59 Å². The number of nitrogens with one attached hydrogen (secondary N) is 1. The Balaban J connectivity index is 1.43. The fraction of sp³-hybridized carbons (Fsp3) is 0.857. The molecule has 1 saturated carbocycles. The lowest BCUT2D eigenvalue weighted by atomic mass is 10.1. The highest BCUT2D eigenvalue weighted by Crippen LogP contribution is 2.21. The van der Waals surface area contributed by atoms with Crippen LogP contribution >= 0.6 is 11.8 Å². The Bertz CT molecular complexity index is 381. The molecule has 0 spiro atoms. The Labute approximate surface area is 124 Å². The van der Waals surface area contributed by atoms with E-state index < -0.39 is 0 Å². The number of hydrogen-bond donors (Lipinski definition) is 1. The largest absolute Gasteiger partial charge is 0.352 e. The second-order valence-corrected chi connectivity index (χ2v) is 7.22. The zero-order chi connectivity index (χ0) is 13.9. The number of carbonyl (C=O) groups excluding carboxylic acids is 2. The molecule has 3 fully saturated rings. The SMILES string of the molecule is O=C(CN1CCC(C(=O)N2CCSCC2)C1)NC1CC1. The number of rotatable bonds is 4. The summed E-state index contributed by atoms with van der Waals surface area (Å²) in [4.78, 5) is 28.3. The van der Waals surface area contributed by atoms with Crippen molar-refractivity contribution in [3.63, 3.8) is 0 Å². The number of nitrogens with zero attached hydrogens (tertiary/aromatic N) is 2. The Hall–Kier alpha value is -0.750. The normalized spacial score (nSPS) is 27.6. The van der Waals surface area contributed by atoms with E-state index in [-0.39, 0.29) is 11.8 Å². The van der Waals surface area contributed by atoms with Crippen LogP contribution in [0, 0.1) is 5.92 Å². The summed E-state index contributed by atoms with van der Waals surface area (Å²) >= 11 is 1.92. The standard InChI is InChI=1S/C14H23N3O2S/c18-13(15-12-1-2-12)10-16-4-3-11(9-16)14(19)17-5-7-20-8-6-17/h11-12H,1-10H2,(H,15,18). The summed E-state index contributed by atoms with van der Waals surface area (Å²) < 4.78 is 0. The van der Waals surface area contributed by atoms with Gasteiger partial charge in [0.2, 0.25) is 11.8 Å². The molecule has 2 amide bonds. The predicted octanol–water partition coefficient (Wildman–Crippen LogP) is 0.162. The van der Waals surface area contributed by atoms with Gasteiger partial charge >= 0.3 is 0 Å². The summed E-state index contributed by atoms with van der Waals surface area (Å²) in [6.45, 7) is 3.86. The molecular weight excluding hydrogens is 274 g/mol. The fourth-order valence-corrected chi connectivity index (χ4v) is 3.83. The average Bonchev–Trinajstić information content (AvgIpc) is 3.15. The molecule has 0 radical (unpaired) electrons. The van der Waals surface area contributed by atoms with Crippen molar-refractivity contribution in [2.45, 2.75) is 25.3 Å². The van der Waals surface area contributed by atoms with Gasteiger partial charge in [0.1, 0.15) is 0 Å². The zero-order valence-corrected chi connectivity index (χ0v) is 12.7. The summed E-state index contributed by atoms with van der Waals surface area (Å²) in [5.41, 5.74) is 0. The van der Waals surface area contributed by atoms with Gasteiger partial charge in [-0.05, 0) is 25.8 Å². The third-order valence-corrected chi connectivity index (χ3v) is 5.20. The first-order chi connectivity index (χ1) is 9.72. The third-order valence-electron chi connectivity index (χ3n) is 4.25. The van der Waals surface area contributed by atoms with Crippen LogP contribution in [-0.4, -0.2) is 71.9 Å². The summed E-state index contributed by atoms with van der Waals surface area (Å²) in [6, 6.07) is 0.424. The summed E-state index contributed by atoms with van der Waals surface area (Å²) in [5.74, 6) is 2.65. The van der Waals surface area contributed by atoms with Gasteiger partial charge in [0, 0.05) is 37.2 Å². The maximum atomic E-state index is 12.4. The van der Waals surface area contributed by atoms with Crippen LogP contribution in [0.15, 0.2) is 0 Å². The van der Waals surface area contributed by atoms with E-state index in [1.54, 1.807) is 0 Å². The molecule has 2 saturated heterocycles. The van der Waals surface area contributed by atoms with Crippen molar-refractivity contribution in [1.29, 1.82) is 0 Å². The van der Waals surface area contributed by atoms with Crippen molar-refractivity contribution in [1.82, 2.24) is 15.1 Å². The molecule has 0 aromatic rings. The lowest BCUT2D eigenvalue weighted by Crippen LogP contribution is -2.43. The molecule has 1 N–H and O–H groups in total. The minimum absolute atomic E-state index is 0.104. The van der Waals surface area contributed by atoms with Crippen LogP contribution < -0.4 is 5.32 Å². The van der Waals surface area contributed by atoms with Crippen molar-refractivity contribution in [2.75, 3.05) is 44.2 Å². The van der Waals surface area contributed by atoms with E-state index in [1.807, 2.05) is 16.7 Å². The van der Waals surface area contributed by atoms with Crippen LogP contribution in [0.25, 0.3) is 0 Å². The van der Waals surface area contributed by atoms with E-state index in [9.17, 15) is 9.59 Å². The number of thioether (sulfide) groups is 1. The van der Waals surface area contributed by atoms with Crippen molar-refractivity contribution >= 4 is 23.6 Å². The Kier molecular flexibility index (Phi) is 4.51. The molecule has 0 aromatic carbocycles. The molecule has 20 heavy (non-hydrogen) atoms. The first-order valence-corrected chi connectivity index (χ1v) is 8.76. The van der Waals surface area contributed by atoms with E-state index >= 15 is 0 Å². The maximum Gasteiger partial charge on any atom is 0.234 e. The van der Waals surface area contributed by atoms with Crippen molar-refractivity contribution in [3.8, 4) is 0 Å². The highest BCUT2D eigenvalue weighted by atomic mass is 32.2. The van der Waals surface area contributed by atoms with Crippen LogP contribution in [0.2, 0.25) is 0 Å². The molecule has 0 aromatic heterocycles. The highest BCUT2D eigenvalue weighted by Gasteiger charge is 2.33. The zero-order valence-electron chi connectivity index (χ0n) is 11.8. The predicted molar refractivity (Wildman–Crippen MR) is 79.6 cm³/mol. The summed E-state index contributed by atoms with van der Waals surface area (Å²) in [6.07, 6.45) is 3.15. The first-order valence-electron chi connectivity index (χ1n) is 7.60. The van der Waals surface area contributed by atoms with Gasteiger partial charge in [-0.1, -0.05) is 0 Å². The van der Waals surface area contributed by atoms with Gasteiger partial charge < -0.3 is 10.2 Å². The van der Waals surface area contributed by atoms with Gasteiger partial charge in [0.25, 0.3) is 0 Å². The fourth-order valence-electron chi connectivity index (χ4n) is 2.92. The second-order valence-electron chi connectivity index (χ2n) is 6.00. The third kappa shape index (κ3) is 3.67. The highest BCUT2D eigenvalue weighted by molar-refractivity contribution is 7.99. The molecule has 0 bridgehead atoms. The number of carbonyl (C=O) groups is 2. The average molecular weight is 297 g/mol. The molecule has 1 atom stereocenters. The van der Waals surface area contributed by atoms with Crippen molar-refractivity contribution in [2.24, 2.45) is 5.92 Å². The van der Waals surface area contributed by atoms with Crippen LogP contribution in [0.5, 0.6) is 0 Å². The van der Waals surface area contributed by atoms with E-state index in [2.05, 4.69) is 10.2 Å². The van der Waals surface area contributed by atoms with Gasteiger partial charge in [-0.3, -0.25) is 14.5 Å². The van der Waals surface area contributed by atoms with Crippen LogP contribution in [0.4, 0.5) is 0 Å². The lowest BCUT2D eigenvalue weighted by Gasteiger charge is -2.28. The molecule has 2 heterocycles. The topological polar surface area (TPSA) is 52.7 Å². The molecule has 6 heteroatoms. The smallest absolute Gasteiger partial charge is 0.234 e. The van der Waals surface area contributed by atoms with Gasteiger partial charge in [-0.25, -0.2) is 0 Å². The number of likely N-dealkylation sites (tertiary alicyclic amines) is 1. The van der Waals surface area contributed by atoms with E-state index in [4.69, 9.17) is 0 Å². The first kappa shape index (κ1) is 14.2. The van der Waals surface area contributed by atoms with Gasteiger partial charge in [0.05, 0.1) is 12.5 Å². The Morgan fingerprint density at radius 3 is 2.55 bits per heavy atom. The van der Waals surface area contributed by atoms with E-state index in [1.165, 1.54) is 0 Å². The minimum Gasteiger partial charge on any atom is -0.352 e. The minimum atomic E-state index is 0.104. The quantitative estimate of drug-likeness (QED) is 0.803. The van der Waals surface area contributed by atoms with Crippen LogP contribution in [0.1, 0.15) is 19.3 Å². The lowest BCUT2D eigenvalue weighted by molar-refractivity contribution is -0.135. The molecule has 5 nitrogen and oxygen atoms in total. The van der Waals surface area contributed by atoms with Gasteiger partial charge in [0.15, 0.2) is 0 Å². The molecule has 3 rings (SSSR count).